The summed E-state index contributed by atoms with van der Waals surface area (Å²) in [4.78, 5) is 2.09. The zero-order valence-electron chi connectivity index (χ0n) is 11.6. The molecule has 0 radical (unpaired) electrons. The molecule has 0 aromatic heterocycles. The summed E-state index contributed by atoms with van der Waals surface area (Å²) in [5, 5.41) is 3.28. The highest BCUT2D eigenvalue weighted by Crippen LogP contribution is 2.27. The summed E-state index contributed by atoms with van der Waals surface area (Å²) in [5.41, 5.74) is 0.693. The zero-order chi connectivity index (χ0) is 13.8. The molecule has 0 aliphatic carbocycles. The molecule has 3 nitrogen and oxygen atoms in total. The third-order valence-electron chi connectivity index (χ3n) is 3.85. The Morgan fingerprint density at radius 3 is 2.65 bits per heavy atom. The van der Waals surface area contributed by atoms with Gasteiger partial charge >= 0.3 is 0 Å². The van der Waals surface area contributed by atoms with Crippen molar-refractivity contribution in [2.75, 3.05) is 42.6 Å². The predicted octanol–water partition coefficient (Wildman–Crippen LogP) is 2.51. The number of piperazine rings is 1. The van der Waals surface area contributed by atoms with E-state index in [0.717, 1.165) is 50.5 Å². The van der Waals surface area contributed by atoms with Crippen LogP contribution in [-0.2, 0) is 0 Å². The molecule has 5 heteroatoms. The molecule has 0 saturated carbocycles. The van der Waals surface area contributed by atoms with Gasteiger partial charge in [0.25, 0.3) is 0 Å². The number of ether oxygens (including phenoxy) is 1. The first kappa shape index (κ1) is 14.0. The fraction of sp³-hybridized carbons (Fsp3) is 0.600. The van der Waals surface area contributed by atoms with Gasteiger partial charge in [0.05, 0.1) is 5.69 Å². The molecule has 0 amide bonds. The van der Waals surface area contributed by atoms with Crippen LogP contribution in [0, 0.1) is 5.82 Å². The number of halogens is 1. The number of thioether (sulfide) groups is 1. The van der Waals surface area contributed by atoms with E-state index in [1.54, 1.807) is 6.07 Å². The Labute approximate surface area is 123 Å². The second-order valence-corrected chi connectivity index (χ2v) is 6.50. The van der Waals surface area contributed by atoms with Crippen LogP contribution in [0.2, 0.25) is 0 Å². The Balaban J connectivity index is 1.66. The van der Waals surface area contributed by atoms with E-state index in [0.29, 0.717) is 11.4 Å². The van der Waals surface area contributed by atoms with E-state index in [1.165, 1.54) is 0 Å². The van der Waals surface area contributed by atoms with Crippen LogP contribution in [0.25, 0.3) is 0 Å². The maximum Gasteiger partial charge on any atom is 0.150 e. The maximum atomic E-state index is 14.2. The Morgan fingerprint density at radius 2 is 1.95 bits per heavy atom. The molecule has 2 fully saturated rings. The maximum absolute atomic E-state index is 14.2. The molecule has 1 N–H and O–H groups in total. The van der Waals surface area contributed by atoms with Crippen molar-refractivity contribution in [2.45, 2.75) is 18.9 Å². The Bertz CT molecular complexity index is 445. The van der Waals surface area contributed by atoms with Crippen LogP contribution in [0.4, 0.5) is 10.1 Å². The number of benzene rings is 1. The van der Waals surface area contributed by atoms with Crippen molar-refractivity contribution in [3.8, 4) is 5.75 Å². The van der Waals surface area contributed by atoms with Crippen molar-refractivity contribution in [3.63, 3.8) is 0 Å². The van der Waals surface area contributed by atoms with Crippen LogP contribution >= 0.6 is 11.8 Å². The number of hydrogen-bond acceptors (Lipinski definition) is 4. The van der Waals surface area contributed by atoms with Gasteiger partial charge in [0.2, 0.25) is 0 Å². The minimum atomic E-state index is -0.172. The van der Waals surface area contributed by atoms with Gasteiger partial charge in [0, 0.05) is 32.2 Å². The van der Waals surface area contributed by atoms with Gasteiger partial charge < -0.3 is 15.0 Å². The Kier molecular flexibility index (Phi) is 4.68. The van der Waals surface area contributed by atoms with Crippen LogP contribution in [0.1, 0.15) is 12.8 Å². The first-order chi connectivity index (χ1) is 9.83. The first-order valence-corrected chi connectivity index (χ1v) is 8.48. The lowest BCUT2D eigenvalue weighted by atomic mass is 10.2. The molecule has 20 heavy (non-hydrogen) atoms. The summed E-state index contributed by atoms with van der Waals surface area (Å²) in [5.74, 6) is 2.78. The predicted molar refractivity (Wildman–Crippen MR) is 82.5 cm³/mol. The Morgan fingerprint density at radius 1 is 1.20 bits per heavy atom. The molecule has 2 aliphatic heterocycles. The van der Waals surface area contributed by atoms with E-state index < -0.39 is 0 Å². The van der Waals surface area contributed by atoms with Crippen LogP contribution in [0.15, 0.2) is 18.2 Å². The third-order valence-corrected chi connectivity index (χ3v) is 4.90. The van der Waals surface area contributed by atoms with E-state index in [1.807, 2.05) is 23.9 Å². The van der Waals surface area contributed by atoms with E-state index >= 15 is 0 Å². The second kappa shape index (κ2) is 6.68. The van der Waals surface area contributed by atoms with Crippen molar-refractivity contribution < 1.29 is 9.13 Å². The summed E-state index contributed by atoms with van der Waals surface area (Å²) in [6.07, 6.45) is 2.37. The van der Waals surface area contributed by atoms with Crippen molar-refractivity contribution in [1.29, 1.82) is 0 Å². The summed E-state index contributed by atoms with van der Waals surface area (Å²) < 4.78 is 20.1. The average Bonchev–Trinajstić information content (AvgIpc) is 2.49. The summed E-state index contributed by atoms with van der Waals surface area (Å²) >= 11 is 1.97. The van der Waals surface area contributed by atoms with Crippen LogP contribution < -0.4 is 15.0 Å². The SMILES string of the molecule is Fc1cc(OC2CCSCC2)ccc1N1CCNCC1. The zero-order valence-corrected chi connectivity index (χ0v) is 12.4. The van der Waals surface area contributed by atoms with Gasteiger partial charge in [0.1, 0.15) is 17.7 Å². The van der Waals surface area contributed by atoms with E-state index in [-0.39, 0.29) is 11.9 Å². The van der Waals surface area contributed by atoms with Gasteiger partial charge in [0.15, 0.2) is 0 Å². The number of nitrogens with zero attached hydrogens (tertiary/aromatic N) is 1. The third kappa shape index (κ3) is 3.38. The van der Waals surface area contributed by atoms with Crippen molar-refractivity contribution in [1.82, 2.24) is 5.32 Å². The lowest BCUT2D eigenvalue weighted by molar-refractivity contribution is 0.191. The van der Waals surface area contributed by atoms with Gasteiger partial charge in [-0.2, -0.15) is 11.8 Å². The minimum absolute atomic E-state index is 0.172. The number of anilines is 1. The molecule has 0 atom stereocenters. The highest BCUT2D eigenvalue weighted by molar-refractivity contribution is 7.99. The second-order valence-electron chi connectivity index (χ2n) is 5.28. The van der Waals surface area contributed by atoms with Crippen LogP contribution in [0.5, 0.6) is 5.75 Å². The normalized spacial score (nSPS) is 20.9. The summed E-state index contributed by atoms with van der Waals surface area (Å²) in [6.45, 7) is 3.54. The molecule has 1 aromatic carbocycles. The standard InChI is InChI=1S/C15H21FN2OS/c16-14-11-13(19-12-3-9-20-10-4-12)1-2-15(14)18-7-5-17-6-8-18/h1-2,11-12,17H,3-10H2. The molecule has 3 rings (SSSR count). The molecular weight excluding hydrogens is 275 g/mol. The largest absolute Gasteiger partial charge is 0.490 e. The smallest absolute Gasteiger partial charge is 0.150 e. The van der Waals surface area contributed by atoms with Gasteiger partial charge in [-0.1, -0.05) is 0 Å². The number of rotatable bonds is 3. The van der Waals surface area contributed by atoms with Gasteiger partial charge in [-0.05, 0) is 36.5 Å². The highest BCUT2D eigenvalue weighted by atomic mass is 32.2. The lowest BCUT2D eigenvalue weighted by Crippen LogP contribution is -2.43. The molecule has 2 heterocycles. The van der Waals surface area contributed by atoms with Gasteiger partial charge in [-0.15, -0.1) is 0 Å². The first-order valence-electron chi connectivity index (χ1n) is 7.32. The minimum Gasteiger partial charge on any atom is -0.490 e. The molecule has 0 bridgehead atoms. The molecule has 1 aromatic rings. The van der Waals surface area contributed by atoms with Gasteiger partial charge in [-0.25, -0.2) is 4.39 Å². The van der Waals surface area contributed by atoms with Crippen LogP contribution in [-0.4, -0.2) is 43.8 Å². The van der Waals surface area contributed by atoms with E-state index in [2.05, 4.69) is 10.2 Å². The molecule has 2 saturated heterocycles. The molecule has 110 valence electrons. The molecule has 2 aliphatic rings. The van der Waals surface area contributed by atoms with Crippen molar-refractivity contribution >= 4 is 17.4 Å². The molecule has 0 spiro atoms. The number of hydrogen-bond donors (Lipinski definition) is 1. The fourth-order valence-corrected chi connectivity index (χ4v) is 3.77. The van der Waals surface area contributed by atoms with Gasteiger partial charge in [-0.3, -0.25) is 0 Å². The topological polar surface area (TPSA) is 24.5 Å². The summed E-state index contributed by atoms with van der Waals surface area (Å²) in [6, 6.07) is 5.30. The molecular formula is C15H21FN2OS. The highest BCUT2D eigenvalue weighted by Gasteiger charge is 2.18. The van der Waals surface area contributed by atoms with E-state index in [9.17, 15) is 4.39 Å². The van der Waals surface area contributed by atoms with E-state index in [4.69, 9.17) is 4.74 Å². The monoisotopic (exact) mass is 296 g/mol. The lowest BCUT2D eigenvalue weighted by Gasteiger charge is -2.30. The number of nitrogens with one attached hydrogen (secondary N) is 1. The van der Waals surface area contributed by atoms with Crippen molar-refractivity contribution in [3.05, 3.63) is 24.0 Å². The van der Waals surface area contributed by atoms with Crippen molar-refractivity contribution in [2.24, 2.45) is 0 Å². The summed E-state index contributed by atoms with van der Waals surface area (Å²) in [7, 11) is 0. The quantitative estimate of drug-likeness (QED) is 0.926. The molecule has 0 unspecified atom stereocenters. The fourth-order valence-electron chi connectivity index (χ4n) is 2.71. The average molecular weight is 296 g/mol. The Hall–Kier alpha value is -0.940. The van der Waals surface area contributed by atoms with Crippen LogP contribution in [0.3, 0.4) is 0 Å².